The summed E-state index contributed by atoms with van der Waals surface area (Å²) in [5.74, 6) is 6.59. The molecule has 1 atom stereocenters. The van der Waals surface area contributed by atoms with Crippen LogP contribution < -0.4 is 16.4 Å². The first kappa shape index (κ1) is 20.6. The topological polar surface area (TPSA) is 106 Å². The summed E-state index contributed by atoms with van der Waals surface area (Å²) in [5, 5.41) is 16.3. The Morgan fingerprint density at radius 3 is 2.59 bits per heavy atom. The summed E-state index contributed by atoms with van der Waals surface area (Å²) >= 11 is 1.74. The number of furan rings is 1. The van der Waals surface area contributed by atoms with Gasteiger partial charge in [-0.3, -0.25) is 10.1 Å². The predicted octanol–water partition coefficient (Wildman–Crippen LogP) is 3.61. The zero-order valence-corrected chi connectivity index (χ0v) is 17.9. The lowest BCUT2D eigenvalue weighted by molar-refractivity contribution is -0.404. The van der Waals surface area contributed by atoms with Crippen LogP contribution in [0.3, 0.4) is 0 Å². The minimum atomic E-state index is -0.469. The number of nitrogens with two attached hydrogens (primary N) is 1. The summed E-state index contributed by atoms with van der Waals surface area (Å²) in [4.78, 5) is 10.1. The number of rotatable bonds is 10. The molecule has 4 bridgehead atoms. The molecule has 0 aromatic carbocycles. The third-order valence-corrected chi connectivity index (χ3v) is 8.03. The molecule has 29 heavy (non-hydrogen) atoms. The summed E-state index contributed by atoms with van der Waals surface area (Å²) in [5.41, 5.74) is 7.05. The van der Waals surface area contributed by atoms with Crippen LogP contribution in [0, 0.1) is 33.3 Å². The Hall–Kier alpha value is -1.67. The van der Waals surface area contributed by atoms with Crippen LogP contribution in [0.25, 0.3) is 0 Å². The second-order valence-corrected chi connectivity index (χ2v) is 10.2. The smallest absolute Gasteiger partial charge is 0.274 e. The van der Waals surface area contributed by atoms with E-state index in [4.69, 9.17) is 10.2 Å². The lowest BCUT2D eigenvalue weighted by Gasteiger charge is -2.58. The summed E-state index contributed by atoms with van der Waals surface area (Å²) in [6, 6.07) is 4.15. The molecule has 4 saturated carbocycles. The van der Waals surface area contributed by atoms with E-state index in [1.807, 2.05) is 0 Å². The number of nitro groups is 1. The fourth-order valence-corrected chi connectivity index (χ4v) is 6.98. The second-order valence-electron chi connectivity index (χ2n) is 9.12. The van der Waals surface area contributed by atoms with Crippen LogP contribution >= 0.6 is 11.8 Å². The van der Waals surface area contributed by atoms with E-state index in [0.29, 0.717) is 12.4 Å². The molecule has 160 valence electrons. The number of hydrogen-bond acceptors (Lipinski definition) is 7. The lowest BCUT2D eigenvalue weighted by atomic mass is 9.47. The molecular weight excluding hydrogens is 388 g/mol. The number of thioether (sulfide) groups is 1. The van der Waals surface area contributed by atoms with Crippen LogP contribution in [-0.2, 0) is 5.75 Å². The van der Waals surface area contributed by atoms with Gasteiger partial charge in [0, 0.05) is 19.3 Å². The van der Waals surface area contributed by atoms with Gasteiger partial charge < -0.3 is 20.8 Å². The molecule has 0 aliphatic heterocycles. The quantitative estimate of drug-likeness (QED) is 0.301. The Morgan fingerprint density at radius 1 is 1.34 bits per heavy atom. The van der Waals surface area contributed by atoms with Crippen LogP contribution in [-0.4, -0.2) is 24.3 Å². The van der Waals surface area contributed by atoms with Crippen LogP contribution in [0.5, 0.6) is 0 Å². The van der Waals surface area contributed by atoms with Crippen LogP contribution in [0.2, 0.25) is 0 Å². The highest BCUT2D eigenvalue weighted by Crippen LogP contribution is 2.63. The van der Waals surface area contributed by atoms with Gasteiger partial charge in [-0.1, -0.05) is 0 Å². The summed E-state index contributed by atoms with van der Waals surface area (Å²) < 4.78 is 6.16. The van der Waals surface area contributed by atoms with E-state index in [1.165, 1.54) is 38.5 Å². The Balaban J connectivity index is 1.26. The van der Waals surface area contributed by atoms with Crippen molar-refractivity contribution in [3.8, 4) is 0 Å². The molecule has 1 unspecified atom stereocenters. The van der Waals surface area contributed by atoms with Crippen molar-refractivity contribution in [3.63, 3.8) is 0 Å². The number of hydrogen-bond donors (Lipinski definition) is 3. The molecule has 1 aromatic rings. The van der Waals surface area contributed by atoms with E-state index in [9.17, 15) is 10.1 Å². The van der Waals surface area contributed by atoms with Gasteiger partial charge in [0.2, 0.25) is 0 Å². The molecule has 0 saturated heterocycles. The molecule has 4 aliphatic rings. The average Bonchev–Trinajstić information content (AvgIpc) is 3.13. The van der Waals surface area contributed by atoms with E-state index in [2.05, 4.69) is 22.8 Å². The Morgan fingerprint density at radius 2 is 2.00 bits per heavy atom. The molecule has 1 heterocycles. The van der Waals surface area contributed by atoms with E-state index < -0.39 is 4.92 Å². The van der Waals surface area contributed by atoms with E-state index in [-0.39, 0.29) is 11.5 Å². The number of nitrogens with one attached hydrogen (secondary N) is 2. The zero-order chi connectivity index (χ0) is 20.4. The van der Waals surface area contributed by atoms with Gasteiger partial charge in [0.1, 0.15) is 11.5 Å². The van der Waals surface area contributed by atoms with Crippen molar-refractivity contribution >= 4 is 11.8 Å². The predicted molar refractivity (Wildman–Crippen MR) is 115 cm³/mol. The normalized spacial score (nSPS) is 31.7. The molecule has 1 aromatic heterocycles. The van der Waals surface area contributed by atoms with Gasteiger partial charge >= 0.3 is 0 Å². The van der Waals surface area contributed by atoms with Gasteiger partial charge in [0.15, 0.2) is 5.82 Å². The minimum absolute atomic E-state index is 0.0155. The fraction of sp³-hybridized carbons (Fsp3) is 0.714. The maximum atomic E-state index is 10.5. The summed E-state index contributed by atoms with van der Waals surface area (Å²) in [7, 11) is 1.66. The Kier molecular flexibility index (Phi) is 6.11. The maximum absolute atomic E-state index is 10.5. The van der Waals surface area contributed by atoms with Gasteiger partial charge in [-0.2, -0.15) is 11.8 Å². The standard InChI is InChI=1S/C21H32N4O3S/c1-23-19(12-25(26)27)24-4-5-29-13-17-2-3-18(28-17)20(22)21-9-14-6-15(10-21)8-16(7-14)11-21/h2-3,12,14-16,20,23-24H,4-11,13,22H2,1H3. The first-order chi connectivity index (χ1) is 14.0. The van der Waals surface area contributed by atoms with Gasteiger partial charge in [-0.25, -0.2) is 0 Å². The van der Waals surface area contributed by atoms with E-state index >= 15 is 0 Å². The van der Waals surface area contributed by atoms with Crippen molar-refractivity contribution < 1.29 is 9.34 Å². The third-order valence-electron chi connectivity index (χ3n) is 7.04. The maximum Gasteiger partial charge on any atom is 0.274 e. The van der Waals surface area contributed by atoms with Crippen molar-refractivity contribution in [1.29, 1.82) is 0 Å². The molecule has 4 aliphatic carbocycles. The van der Waals surface area contributed by atoms with Crippen molar-refractivity contribution in [1.82, 2.24) is 10.6 Å². The Labute approximate surface area is 176 Å². The molecule has 0 radical (unpaired) electrons. The first-order valence-corrected chi connectivity index (χ1v) is 11.8. The van der Waals surface area contributed by atoms with Gasteiger partial charge in [-0.15, -0.1) is 0 Å². The SMILES string of the molecule is CNC(=C[N+](=O)[O-])NCCSCc1ccc(C(N)C23CC4CC(CC(C4)C2)C3)o1. The highest BCUT2D eigenvalue weighted by Gasteiger charge is 2.54. The van der Waals surface area contributed by atoms with E-state index in [1.54, 1.807) is 18.8 Å². The first-order valence-electron chi connectivity index (χ1n) is 10.7. The molecular formula is C21H32N4O3S. The zero-order valence-electron chi connectivity index (χ0n) is 17.1. The monoisotopic (exact) mass is 420 g/mol. The molecule has 4 fully saturated rings. The molecule has 7 nitrogen and oxygen atoms in total. The molecule has 0 amide bonds. The molecule has 4 N–H and O–H groups in total. The average molecular weight is 421 g/mol. The molecule has 0 spiro atoms. The van der Waals surface area contributed by atoms with Crippen LogP contribution in [0.4, 0.5) is 0 Å². The largest absolute Gasteiger partial charge is 0.464 e. The third kappa shape index (κ3) is 4.58. The highest BCUT2D eigenvalue weighted by molar-refractivity contribution is 7.98. The Bertz CT molecular complexity index is 728. The van der Waals surface area contributed by atoms with Crippen molar-refractivity contribution in [2.75, 3.05) is 19.3 Å². The fourth-order valence-electron chi connectivity index (χ4n) is 6.23. The second kappa shape index (κ2) is 8.60. The van der Waals surface area contributed by atoms with Crippen molar-refractivity contribution in [2.45, 2.75) is 50.3 Å². The van der Waals surface area contributed by atoms with Crippen molar-refractivity contribution in [3.05, 3.63) is 45.8 Å². The summed E-state index contributed by atoms with van der Waals surface area (Å²) in [6.07, 6.45) is 9.05. The lowest BCUT2D eigenvalue weighted by Crippen LogP contribution is -2.50. The van der Waals surface area contributed by atoms with Crippen LogP contribution in [0.15, 0.2) is 28.6 Å². The highest BCUT2D eigenvalue weighted by atomic mass is 32.2. The molecule has 8 heteroatoms. The van der Waals surface area contributed by atoms with Gasteiger partial charge in [0.05, 0.1) is 16.7 Å². The van der Waals surface area contributed by atoms with Gasteiger partial charge in [0.25, 0.3) is 6.20 Å². The molecule has 5 rings (SSSR count). The van der Waals surface area contributed by atoms with Crippen LogP contribution in [0.1, 0.15) is 56.1 Å². The van der Waals surface area contributed by atoms with Crippen molar-refractivity contribution in [2.24, 2.45) is 28.9 Å². The summed E-state index contributed by atoms with van der Waals surface area (Å²) in [6.45, 7) is 0.644. The minimum Gasteiger partial charge on any atom is -0.464 e. The van der Waals surface area contributed by atoms with E-state index in [0.717, 1.165) is 47.0 Å². The van der Waals surface area contributed by atoms with Gasteiger partial charge in [-0.05, 0) is 73.8 Å². The number of nitrogens with zero attached hydrogens (tertiary/aromatic N) is 1.